The van der Waals surface area contributed by atoms with Crippen molar-refractivity contribution in [3.05, 3.63) is 6.33 Å². The number of aromatic amines is 1. The van der Waals surface area contributed by atoms with E-state index in [2.05, 4.69) is 32.2 Å². The lowest BCUT2D eigenvalue weighted by molar-refractivity contribution is 0.602. The summed E-state index contributed by atoms with van der Waals surface area (Å²) in [5.74, 6) is 1.81. The van der Waals surface area contributed by atoms with E-state index in [0.29, 0.717) is 11.7 Å². The highest BCUT2D eigenvalue weighted by molar-refractivity contribution is 5.83. The van der Waals surface area contributed by atoms with E-state index in [-0.39, 0.29) is 5.95 Å². The number of hydrogen-bond donors (Lipinski definition) is 3. The molecule has 4 N–H and O–H groups in total. The molecular formula is C11H16N6. The fourth-order valence-corrected chi connectivity index (χ4v) is 2.49. The summed E-state index contributed by atoms with van der Waals surface area (Å²) in [5.41, 5.74) is 7.12. The van der Waals surface area contributed by atoms with Gasteiger partial charge in [-0.1, -0.05) is 6.92 Å². The number of nitrogens with one attached hydrogen (secondary N) is 2. The first kappa shape index (κ1) is 10.3. The van der Waals surface area contributed by atoms with Gasteiger partial charge in [-0.05, 0) is 25.2 Å². The molecule has 2 aromatic heterocycles. The molecule has 2 heterocycles. The molecule has 3 rings (SSSR count). The van der Waals surface area contributed by atoms with E-state index in [0.717, 1.165) is 17.3 Å². The lowest BCUT2D eigenvalue weighted by atomic mass is 10.1. The molecular weight excluding hydrogens is 216 g/mol. The second-order valence-corrected chi connectivity index (χ2v) is 4.79. The molecule has 6 heteroatoms. The zero-order chi connectivity index (χ0) is 11.8. The molecule has 6 nitrogen and oxygen atoms in total. The Bertz CT molecular complexity index is 534. The van der Waals surface area contributed by atoms with Gasteiger partial charge in [0.15, 0.2) is 11.5 Å². The van der Waals surface area contributed by atoms with Gasteiger partial charge in [-0.2, -0.15) is 9.97 Å². The summed E-state index contributed by atoms with van der Waals surface area (Å²) in [5, 5.41) is 3.44. The molecule has 0 radical (unpaired) electrons. The first-order valence-electron chi connectivity index (χ1n) is 5.95. The first-order valence-corrected chi connectivity index (χ1v) is 5.95. The lowest BCUT2D eigenvalue weighted by Crippen LogP contribution is -2.17. The van der Waals surface area contributed by atoms with Crippen molar-refractivity contribution in [3.8, 4) is 0 Å². The third-order valence-electron chi connectivity index (χ3n) is 3.34. The normalized spacial score (nSPS) is 24.3. The highest BCUT2D eigenvalue weighted by Gasteiger charge is 2.22. The molecule has 90 valence electrons. The fourth-order valence-electron chi connectivity index (χ4n) is 2.49. The van der Waals surface area contributed by atoms with Crippen molar-refractivity contribution in [1.82, 2.24) is 19.9 Å². The van der Waals surface area contributed by atoms with Crippen LogP contribution in [0.2, 0.25) is 0 Å². The number of nitrogens with zero attached hydrogens (tertiary/aromatic N) is 3. The Hall–Kier alpha value is -1.85. The molecule has 0 saturated heterocycles. The number of anilines is 2. The van der Waals surface area contributed by atoms with Gasteiger partial charge >= 0.3 is 0 Å². The molecule has 0 spiro atoms. The second-order valence-electron chi connectivity index (χ2n) is 4.79. The van der Waals surface area contributed by atoms with Crippen molar-refractivity contribution in [2.24, 2.45) is 5.92 Å². The van der Waals surface area contributed by atoms with Crippen LogP contribution < -0.4 is 11.1 Å². The van der Waals surface area contributed by atoms with E-state index >= 15 is 0 Å². The minimum absolute atomic E-state index is 0.262. The Morgan fingerprint density at radius 2 is 2.29 bits per heavy atom. The lowest BCUT2D eigenvalue weighted by Gasteiger charge is -2.13. The van der Waals surface area contributed by atoms with Crippen LogP contribution in [0.3, 0.4) is 0 Å². The van der Waals surface area contributed by atoms with E-state index in [1.165, 1.54) is 19.3 Å². The molecule has 1 saturated carbocycles. The summed E-state index contributed by atoms with van der Waals surface area (Å²) in [6, 6.07) is 0.478. The van der Waals surface area contributed by atoms with Crippen molar-refractivity contribution < 1.29 is 0 Å². The number of fused-ring (bicyclic) bond motifs is 1. The molecule has 2 aromatic rings. The van der Waals surface area contributed by atoms with Crippen LogP contribution in [0.5, 0.6) is 0 Å². The van der Waals surface area contributed by atoms with Crippen LogP contribution in [-0.2, 0) is 0 Å². The Labute approximate surface area is 99.1 Å². The number of imidazole rings is 1. The Balaban J connectivity index is 1.91. The maximum Gasteiger partial charge on any atom is 0.224 e. The number of aromatic nitrogens is 4. The average molecular weight is 232 g/mol. The smallest absolute Gasteiger partial charge is 0.224 e. The predicted molar refractivity (Wildman–Crippen MR) is 66.5 cm³/mol. The summed E-state index contributed by atoms with van der Waals surface area (Å²) in [6.07, 6.45) is 5.24. The molecule has 2 atom stereocenters. The fraction of sp³-hybridized carbons (Fsp3) is 0.545. The summed E-state index contributed by atoms with van der Waals surface area (Å²) in [7, 11) is 0. The molecule has 1 fully saturated rings. The van der Waals surface area contributed by atoms with E-state index in [1.54, 1.807) is 6.33 Å². The second kappa shape index (κ2) is 3.87. The minimum atomic E-state index is 0.262. The molecule has 17 heavy (non-hydrogen) atoms. The van der Waals surface area contributed by atoms with Gasteiger partial charge in [-0.25, -0.2) is 4.98 Å². The zero-order valence-electron chi connectivity index (χ0n) is 9.77. The number of rotatable bonds is 2. The zero-order valence-corrected chi connectivity index (χ0v) is 9.77. The predicted octanol–water partition coefficient (Wildman–Crippen LogP) is 1.54. The van der Waals surface area contributed by atoms with Crippen molar-refractivity contribution in [1.29, 1.82) is 0 Å². The van der Waals surface area contributed by atoms with Crippen LogP contribution >= 0.6 is 0 Å². The van der Waals surface area contributed by atoms with Crippen LogP contribution in [-0.4, -0.2) is 26.0 Å². The monoisotopic (exact) mass is 232 g/mol. The maximum atomic E-state index is 5.67. The third-order valence-corrected chi connectivity index (χ3v) is 3.34. The van der Waals surface area contributed by atoms with Crippen LogP contribution in [0.25, 0.3) is 11.2 Å². The molecule has 1 aliphatic carbocycles. The number of H-pyrrole nitrogens is 1. The van der Waals surface area contributed by atoms with Gasteiger partial charge in [0.05, 0.1) is 6.33 Å². The standard InChI is InChI=1S/C11H16N6/c1-6-2-3-7(4-6)15-10-8-9(14-5-13-8)16-11(12)17-10/h5-7H,2-4H2,1H3,(H4,12,13,14,15,16,17). The molecule has 0 aromatic carbocycles. The van der Waals surface area contributed by atoms with Gasteiger partial charge in [-0.3, -0.25) is 0 Å². The van der Waals surface area contributed by atoms with Crippen molar-refractivity contribution in [2.45, 2.75) is 32.2 Å². The quantitative estimate of drug-likeness (QED) is 0.730. The van der Waals surface area contributed by atoms with Gasteiger partial charge in [0.2, 0.25) is 5.95 Å². The van der Waals surface area contributed by atoms with Gasteiger partial charge in [0.1, 0.15) is 5.52 Å². The number of hydrogen-bond acceptors (Lipinski definition) is 5. The molecule has 1 aliphatic rings. The summed E-state index contributed by atoms with van der Waals surface area (Å²) in [6.45, 7) is 2.28. The van der Waals surface area contributed by atoms with E-state index in [1.807, 2.05) is 0 Å². The minimum Gasteiger partial charge on any atom is -0.368 e. The van der Waals surface area contributed by atoms with Gasteiger partial charge in [0, 0.05) is 6.04 Å². The van der Waals surface area contributed by atoms with Crippen molar-refractivity contribution in [2.75, 3.05) is 11.1 Å². The Morgan fingerprint density at radius 3 is 3.06 bits per heavy atom. The number of nitrogens with two attached hydrogens (primary N) is 1. The summed E-state index contributed by atoms with van der Waals surface area (Å²) >= 11 is 0. The first-order chi connectivity index (χ1) is 8.22. The van der Waals surface area contributed by atoms with Gasteiger partial charge in [0.25, 0.3) is 0 Å². The Morgan fingerprint density at radius 1 is 1.41 bits per heavy atom. The van der Waals surface area contributed by atoms with Crippen LogP contribution in [0.1, 0.15) is 26.2 Å². The summed E-state index contributed by atoms with van der Waals surface area (Å²) in [4.78, 5) is 15.5. The number of nitrogen functional groups attached to an aromatic ring is 1. The summed E-state index contributed by atoms with van der Waals surface area (Å²) < 4.78 is 0. The van der Waals surface area contributed by atoms with Crippen molar-refractivity contribution >= 4 is 22.9 Å². The van der Waals surface area contributed by atoms with E-state index in [4.69, 9.17) is 5.73 Å². The SMILES string of the molecule is CC1CCC(Nc2nc(N)nc3nc[nH]c23)C1. The van der Waals surface area contributed by atoms with Crippen molar-refractivity contribution in [3.63, 3.8) is 0 Å². The molecule has 0 amide bonds. The molecule has 0 aliphatic heterocycles. The van der Waals surface area contributed by atoms with E-state index in [9.17, 15) is 0 Å². The van der Waals surface area contributed by atoms with Crippen LogP contribution in [0, 0.1) is 5.92 Å². The maximum absolute atomic E-state index is 5.67. The highest BCUT2D eigenvalue weighted by Crippen LogP contribution is 2.28. The third kappa shape index (κ3) is 1.90. The van der Waals surface area contributed by atoms with Gasteiger partial charge in [-0.15, -0.1) is 0 Å². The highest BCUT2D eigenvalue weighted by atomic mass is 15.1. The van der Waals surface area contributed by atoms with Gasteiger partial charge < -0.3 is 16.0 Å². The van der Waals surface area contributed by atoms with Crippen LogP contribution in [0.15, 0.2) is 6.33 Å². The largest absolute Gasteiger partial charge is 0.368 e. The topological polar surface area (TPSA) is 92.5 Å². The molecule has 0 bridgehead atoms. The average Bonchev–Trinajstić information content (AvgIpc) is 2.87. The van der Waals surface area contributed by atoms with Crippen LogP contribution in [0.4, 0.5) is 11.8 Å². The van der Waals surface area contributed by atoms with E-state index < -0.39 is 0 Å². The molecule has 2 unspecified atom stereocenters. The Kier molecular flexibility index (Phi) is 2.35.